The minimum Gasteiger partial charge on any atom is -0.352 e. The number of aromatic nitrogens is 1. The molecule has 28 heavy (non-hydrogen) atoms. The van der Waals surface area contributed by atoms with Crippen LogP contribution in [0.4, 0.5) is 5.82 Å². The second-order valence-corrected chi connectivity index (χ2v) is 9.90. The van der Waals surface area contributed by atoms with Gasteiger partial charge in [-0.3, -0.25) is 4.79 Å². The van der Waals surface area contributed by atoms with Crippen molar-refractivity contribution in [2.24, 2.45) is 0 Å². The van der Waals surface area contributed by atoms with Crippen molar-refractivity contribution in [1.82, 2.24) is 14.2 Å². The van der Waals surface area contributed by atoms with Gasteiger partial charge in [0.2, 0.25) is 10.0 Å². The molecule has 10 heteroatoms. The molecule has 1 saturated heterocycles. The molecule has 1 fully saturated rings. The fourth-order valence-corrected chi connectivity index (χ4v) is 5.03. The first-order valence-corrected chi connectivity index (χ1v) is 11.2. The Morgan fingerprint density at radius 2 is 1.86 bits per heavy atom. The molecule has 1 aliphatic heterocycles. The summed E-state index contributed by atoms with van der Waals surface area (Å²) in [5.41, 5.74) is 0.341. The van der Waals surface area contributed by atoms with Gasteiger partial charge < -0.3 is 9.80 Å². The van der Waals surface area contributed by atoms with Crippen LogP contribution in [0, 0.1) is 0 Å². The van der Waals surface area contributed by atoms with Crippen LogP contribution in [-0.4, -0.2) is 68.8 Å². The van der Waals surface area contributed by atoms with E-state index in [9.17, 15) is 13.2 Å². The highest BCUT2D eigenvalue weighted by Gasteiger charge is 2.26. The van der Waals surface area contributed by atoms with Gasteiger partial charge in [0.05, 0.1) is 9.92 Å². The molecule has 150 valence electrons. The van der Waals surface area contributed by atoms with Crippen LogP contribution >= 0.6 is 27.5 Å². The largest absolute Gasteiger partial charge is 0.352 e. The van der Waals surface area contributed by atoms with Gasteiger partial charge in [-0.2, -0.15) is 0 Å². The minimum absolute atomic E-state index is 0.0715. The van der Waals surface area contributed by atoms with Gasteiger partial charge in [0.25, 0.3) is 5.91 Å². The third-order valence-electron chi connectivity index (χ3n) is 4.54. The third kappa shape index (κ3) is 4.17. The number of nitrogens with zero attached hydrogens (tertiary/aromatic N) is 4. The summed E-state index contributed by atoms with van der Waals surface area (Å²) in [6, 6.07) is 8.20. The van der Waals surface area contributed by atoms with E-state index in [0.29, 0.717) is 47.1 Å². The highest BCUT2D eigenvalue weighted by molar-refractivity contribution is 9.10. The molecule has 0 radical (unpaired) electrons. The number of piperazine rings is 1. The first kappa shape index (κ1) is 21.0. The normalized spacial score (nSPS) is 15.2. The molecule has 0 N–H and O–H groups in total. The quantitative estimate of drug-likeness (QED) is 0.663. The van der Waals surface area contributed by atoms with Crippen molar-refractivity contribution in [1.29, 1.82) is 0 Å². The van der Waals surface area contributed by atoms with Crippen LogP contribution in [0.1, 0.15) is 10.4 Å². The molecule has 1 aromatic carbocycles. The van der Waals surface area contributed by atoms with Gasteiger partial charge in [0.15, 0.2) is 0 Å². The molecule has 1 amide bonds. The Balaban J connectivity index is 1.77. The van der Waals surface area contributed by atoms with Crippen LogP contribution in [0.3, 0.4) is 0 Å². The lowest BCUT2D eigenvalue weighted by Crippen LogP contribution is -2.49. The van der Waals surface area contributed by atoms with Crippen molar-refractivity contribution in [2.75, 3.05) is 45.2 Å². The summed E-state index contributed by atoms with van der Waals surface area (Å²) >= 11 is 9.47. The maximum atomic E-state index is 12.9. The van der Waals surface area contributed by atoms with Crippen LogP contribution < -0.4 is 4.90 Å². The maximum Gasteiger partial charge on any atom is 0.254 e. The summed E-state index contributed by atoms with van der Waals surface area (Å²) in [6.45, 7) is 2.19. The maximum absolute atomic E-state index is 12.9. The average Bonchev–Trinajstić information content (AvgIpc) is 2.68. The first-order valence-electron chi connectivity index (χ1n) is 8.58. The van der Waals surface area contributed by atoms with Crippen LogP contribution in [-0.2, 0) is 10.0 Å². The SMILES string of the molecule is CN(C)S(=O)(=O)c1cc(C(=O)N2CCN(c3ncccc3Cl)CC2)ccc1Br. The first-order chi connectivity index (χ1) is 13.2. The topological polar surface area (TPSA) is 73.8 Å². The van der Waals surface area contributed by atoms with E-state index in [4.69, 9.17) is 11.6 Å². The van der Waals surface area contributed by atoms with Crippen LogP contribution in [0.2, 0.25) is 5.02 Å². The molecule has 7 nitrogen and oxygen atoms in total. The van der Waals surface area contributed by atoms with Crippen LogP contribution in [0.25, 0.3) is 0 Å². The monoisotopic (exact) mass is 486 g/mol. The van der Waals surface area contributed by atoms with Gasteiger partial charge >= 0.3 is 0 Å². The van der Waals surface area contributed by atoms with E-state index in [1.165, 1.54) is 20.2 Å². The van der Waals surface area contributed by atoms with Crippen molar-refractivity contribution in [2.45, 2.75) is 4.90 Å². The second-order valence-electron chi connectivity index (χ2n) is 6.52. The molecule has 0 aliphatic carbocycles. The molecule has 1 aliphatic rings. The second kappa shape index (κ2) is 8.36. The van der Waals surface area contributed by atoms with Crippen molar-refractivity contribution >= 4 is 49.3 Å². The van der Waals surface area contributed by atoms with Crippen molar-refractivity contribution < 1.29 is 13.2 Å². The van der Waals surface area contributed by atoms with Crippen LogP contribution in [0.15, 0.2) is 45.9 Å². The standard InChI is InChI=1S/C18H20BrClN4O3S/c1-22(2)28(26,27)16-12-13(5-6-14(16)19)18(25)24-10-8-23(9-11-24)17-15(20)4-3-7-21-17/h3-7,12H,8-11H2,1-2H3. The number of hydrogen-bond acceptors (Lipinski definition) is 5. The summed E-state index contributed by atoms with van der Waals surface area (Å²) in [6.07, 6.45) is 1.69. The summed E-state index contributed by atoms with van der Waals surface area (Å²) in [5, 5.41) is 0.578. The predicted molar refractivity (Wildman–Crippen MR) is 112 cm³/mol. The fraction of sp³-hybridized carbons (Fsp3) is 0.333. The molecule has 2 aromatic rings. The summed E-state index contributed by atoms with van der Waals surface area (Å²) in [7, 11) is -0.746. The van der Waals surface area contributed by atoms with E-state index in [-0.39, 0.29) is 10.8 Å². The zero-order valence-corrected chi connectivity index (χ0v) is 18.6. The zero-order chi connectivity index (χ0) is 20.5. The highest BCUT2D eigenvalue weighted by atomic mass is 79.9. The van der Waals surface area contributed by atoms with E-state index in [1.807, 2.05) is 4.90 Å². The van der Waals surface area contributed by atoms with E-state index >= 15 is 0 Å². The molecule has 0 unspecified atom stereocenters. The minimum atomic E-state index is -3.66. The number of pyridine rings is 1. The van der Waals surface area contributed by atoms with Crippen LogP contribution in [0.5, 0.6) is 0 Å². The number of sulfonamides is 1. The number of carbonyl (C=O) groups is 1. The lowest BCUT2D eigenvalue weighted by Gasteiger charge is -2.35. The molecule has 2 heterocycles. The van der Waals surface area contributed by atoms with Gasteiger partial charge in [0.1, 0.15) is 5.82 Å². The Hall–Kier alpha value is -1.68. The predicted octanol–water partition coefficient (Wildman–Crippen LogP) is 2.71. The number of hydrogen-bond donors (Lipinski definition) is 0. The fourth-order valence-electron chi connectivity index (χ4n) is 2.94. The lowest BCUT2D eigenvalue weighted by atomic mass is 10.2. The van der Waals surface area contributed by atoms with E-state index in [2.05, 4.69) is 20.9 Å². The molecule has 3 rings (SSSR count). The Morgan fingerprint density at radius 3 is 2.46 bits per heavy atom. The van der Waals surface area contributed by atoms with E-state index in [1.54, 1.807) is 35.4 Å². The molecular weight excluding hydrogens is 468 g/mol. The van der Waals surface area contributed by atoms with Gasteiger partial charge in [-0.1, -0.05) is 11.6 Å². The molecule has 0 bridgehead atoms. The van der Waals surface area contributed by atoms with Gasteiger partial charge in [0, 0.05) is 56.5 Å². The van der Waals surface area contributed by atoms with Gasteiger partial charge in [-0.05, 0) is 46.3 Å². The summed E-state index contributed by atoms with van der Waals surface area (Å²) in [5.74, 6) is 0.508. The molecule has 0 saturated carbocycles. The van der Waals surface area contributed by atoms with E-state index < -0.39 is 10.0 Å². The summed E-state index contributed by atoms with van der Waals surface area (Å²) in [4.78, 5) is 21.0. The van der Waals surface area contributed by atoms with Crippen molar-refractivity contribution in [3.63, 3.8) is 0 Å². The van der Waals surface area contributed by atoms with Crippen molar-refractivity contribution in [3.8, 4) is 0 Å². The number of halogens is 2. The number of rotatable bonds is 4. The Morgan fingerprint density at radius 1 is 1.18 bits per heavy atom. The van der Waals surface area contributed by atoms with E-state index in [0.717, 1.165) is 4.31 Å². The number of benzene rings is 1. The number of anilines is 1. The average molecular weight is 488 g/mol. The number of amides is 1. The molecule has 0 spiro atoms. The Bertz CT molecular complexity index is 992. The molecule has 1 aromatic heterocycles. The van der Waals surface area contributed by atoms with Gasteiger partial charge in [-0.25, -0.2) is 17.7 Å². The van der Waals surface area contributed by atoms with Crippen molar-refractivity contribution in [3.05, 3.63) is 51.6 Å². The smallest absolute Gasteiger partial charge is 0.254 e. The highest BCUT2D eigenvalue weighted by Crippen LogP contribution is 2.27. The Labute approximate surface area is 178 Å². The Kier molecular flexibility index (Phi) is 6.28. The molecular formula is C18H20BrClN4O3S. The zero-order valence-electron chi connectivity index (χ0n) is 15.5. The lowest BCUT2D eigenvalue weighted by molar-refractivity contribution is 0.0746. The van der Waals surface area contributed by atoms with Gasteiger partial charge in [-0.15, -0.1) is 0 Å². The number of carbonyl (C=O) groups excluding carboxylic acids is 1. The third-order valence-corrected chi connectivity index (χ3v) is 7.65. The molecule has 0 atom stereocenters. The summed E-state index contributed by atoms with van der Waals surface area (Å²) < 4.78 is 26.5.